The first-order valence-corrected chi connectivity index (χ1v) is 8.91. The first kappa shape index (κ1) is 17.6. The van der Waals surface area contributed by atoms with E-state index in [-0.39, 0.29) is 18.6 Å². The van der Waals surface area contributed by atoms with Crippen LogP contribution in [0.4, 0.5) is 0 Å². The van der Waals surface area contributed by atoms with Crippen molar-refractivity contribution >= 4 is 5.91 Å². The molecule has 3 rings (SSSR count). The summed E-state index contributed by atoms with van der Waals surface area (Å²) in [4.78, 5) is 18.7. The van der Waals surface area contributed by atoms with Crippen molar-refractivity contribution in [1.29, 1.82) is 0 Å². The van der Waals surface area contributed by atoms with Crippen molar-refractivity contribution in [3.05, 3.63) is 54.4 Å². The van der Waals surface area contributed by atoms with E-state index in [0.29, 0.717) is 12.1 Å². The lowest BCUT2D eigenvalue weighted by molar-refractivity contribution is 0.0849. The van der Waals surface area contributed by atoms with Crippen LogP contribution in [0, 0.1) is 0 Å². The van der Waals surface area contributed by atoms with Crippen LogP contribution in [-0.2, 0) is 0 Å². The van der Waals surface area contributed by atoms with Gasteiger partial charge in [0.1, 0.15) is 0 Å². The first-order valence-electron chi connectivity index (χ1n) is 8.91. The van der Waals surface area contributed by atoms with Crippen molar-refractivity contribution in [2.45, 2.75) is 25.3 Å². The molecule has 1 atom stereocenters. The van der Waals surface area contributed by atoms with Gasteiger partial charge in [-0.25, -0.2) is 0 Å². The van der Waals surface area contributed by atoms with Crippen LogP contribution in [0.25, 0.3) is 11.1 Å². The highest BCUT2D eigenvalue weighted by Crippen LogP contribution is 2.19. The lowest BCUT2D eigenvalue weighted by Crippen LogP contribution is -2.45. The zero-order valence-electron chi connectivity index (χ0n) is 14.4. The molecule has 0 aliphatic carbocycles. The second-order valence-corrected chi connectivity index (χ2v) is 6.44. The molecule has 5 heteroatoms. The standard InChI is InChI=1S/C20H25N3O2/c24-15-19-6-1-2-12-23(19)13-11-22-20(25)18-5-3-4-17(14-18)16-7-9-21-10-8-16/h3-5,7-10,14,19,24H,1-2,6,11-13,15H2,(H,22,25). The Balaban J connectivity index is 1.56. The van der Waals surface area contributed by atoms with Crippen LogP contribution >= 0.6 is 0 Å². The summed E-state index contributed by atoms with van der Waals surface area (Å²) in [5.74, 6) is -0.0616. The fourth-order valence-electron chi connectivity index (χ4n) is 3.36. The summed E-state index contributed by atoms with van der Waals surface area (Å²) in [6, 6.07) is 11.7. The second-order valence-electron chi connectivity index (χ2n) is 6.44. The van der Waals surface area contributed by atoms with Gasteiger partial charge in [0.15, 0.2) is 0 Å². The van der Waals surface area contributed by atoms with Crippen LogP contribution in [0.5, 0.6) is 0 Å². The number of aromatic nitrogens is 1. The molecule has 0 bridgehead atoms. The smallest absolute Gasteiger partial charge is 0.251 e. The molecule has 0 radical (unpaired) electrons. The molecular weight excluding hydrogens is 314 g/mol. The third-order valence-corrected chi connectivity index (χ3v) is 4.78. The Hall–Kier alpha value is -2.24. The number of aliphatic hydroxyl groups is 1. The van der Waals surface area contributed by atoms with E-state index in [2.05, 4.69) is 15.2 Å². The predicted octanol–water partition coefficient (Wildman–Crippen LogP) is 2.33. The van der Waals surface area contributed by atoms with Crippen LogP contribution in [0.1, 0.15) is 29.6 Å². The molecule has 1 saturated heterocycles. The number of rotatable bonds is 6. The van der Waals surface area contributed by atoms with E-state index >= 15 is 0 Å². The van der Waals surface area contributed by atoms with Gasteiger partial charge in [0, 0.05) is 37.1 Å². The largest absolute Gasteiger partial charge is 0.395 e. The molecule has 1 aromatic heterocycles. The summed E-state index contributed by atoms with van der Waals surface area (Å²) < 4.78 is 0. The van der Waals surface area contributed by atoms with E-state index in [0.717, 1.165) is 30.6 Å². The van der Waals surface area contributed by atoms with Crippen LogP contribution in [0.2, 0.25) is 0 Å². The van der Waals surface area contributed by atoms with E-state index in [9.17, 15) is 9.90 Å². The molecule has 1 amide bonds. The molecule has 0 spiro atoms. The summed E-state index contributed by atoms with van der Waals surface area (Å²) in [5.41, 5.74) is 2.71. The van der Waals surface area contributed by atoms with Crippen molar-refractivity contribution in [2.75, 3.05) is 26.2 Å². The maximum Gasteiger partial charge on any atom is 0.251 e. The molecule has 5 nitrogen and oxygen atoms in total. The van der Waals surface area contributed by atoms with Gasteiger partial charge in [0.25, 0.3) is 5.91 Å². The average molecular weight is 339 g/mol. The fraction of sp³-hybridized carbons (Fsp3) is 0.400. The zero-order chi connectivity index (χ0) is 17.5. The topological polar surface area (TPSA) is 65.5 Å². The molecule has 1 unspecified atom stereocenters. The van der Waals surface area contributed by atoms with E-state index in [1.54, 1.807) is 12.4 Å². The van der Waals surface area contributed by atoms with Gasteiger partial charge in [-0.2, -0.15) is 0 Å². The third kappa shape index (κ3) is 4.65. The van der Waals surface area contributed by atoms with Crippen LogP contribution in [0.3, 0.4) is 0 Å². The van der Waals surface area contributed by atoms with Gasteiger partial charge < -0.3 is 10.4 Å². The molecule has 0 saturated carbocycles. The minimum Gasteiger partial charge on any atom is -0.395 e. The summed E-state index contributed by atoms with van der Waals surface area (Å²) in [7, 11) is 0. The Morgan fingerprint density at radius 2 is 2.04 bits per heavy atom. The number of piperidine rings is 1. The van der Waals surface area contributed by atoms with Crippen molar-refractivity contribution in [1.82, 2.24) is 15.2 Å². The van der Waals surface area contributed by atoms with Gasteiger partial charge in [-0.15, -0.1) is 0 Å². The van der Waals surface area contributed by atoms with Gasteiger partial charge in [-0.1, -0.05) is 18.6 Å². The molecule has 2 N–H and O–H groups in total. The van der Waals surface area contributed by atoms with E-state index in [4.69, 9.17) is 0 Å². The van der Waals surface area contributed by atoms with E-state index < -0.39 is 0 Å². The van der Waals surface area contributed by atoms with Crippen molar-refractivity contribution in [3.8, 4) is 11.1 Å². The number of amides is 1. The Morgan fingerprint density at radius 1 is 1.20 bits per heavy atom. The summed E-state index contributed by atoms with van der Waals surface area (Å²) in [5, 5.41) is 12.4. The van der Waals surface area contributed by atoms with Gasteiger partial charge >= 0.3 is 0 Å². The number of hydrogen-bond donors (Lipinski definition) is 2. The second kappa shape index (κ2) is 8.74. The normalized spacial score (nSPS) is 18.0. The van der Waals surface area contributed by atoms with Crippen LogP contribution in [-0.4, -0.2) is 53.2 Å². The monoisotopic (exact) mass is 339 g/mol. The van der Waals surface area contributed by atoms with Crippen molar-refractivity contribution in [3.63, 3.8) is 0 Å². The van der Waals surface area contributed by atoms with Crippen LogP contribution in [0.15, 0.2) is 48.8 Å². The number of nitrogens with zero attached hydrogens (tertiary/aromatic N) is 2. The molecule has 1 aliphatic heterocycles. The molecule has 132 valence electrons. The maximum atomic E-state index is 12.4. The summed E-state index contributed by atoms with van der Waals surface area (Å²) >= 11 is 0. The lowest BCUT2D eigenvalue weighted by atomic mass is 10.0. The lowest BCUT2D eigenvalue weighted by Gasteiger charge is -2.34. The minimum absolute atomic E-state index is 0.0616. The fourth-order valence-corrected chi connectivity index (χ4v) is 3.36. The highest BCUT2D eigenvalue weighted by Gasteiger charge is 2.21. The zero-order valence-corrected chi connectivity index (χ0v) is 14.4. The molecule has 1 aliphatic rings. The Bertz CT molecular complexity index is 690. The van der Waals surface area contributed by atoms with Crippen molar-refractivity contribution in [2.24, 2.45) is 0 Å². The third-order valence-electron chi connectivity index (χ3n) is 4.78. The minimum atomic E-state index is -0.0616. The van der Waals surface area contributed by atoms with E-state index in [1.807, 2.05) is 36.4 Å². The number of likely N-dealkylation sites (tertiary alicyclic amines) is 1. The number of hydrogen-bond acceptors (Lipinski definition) is 4. The Labute approximate surface area is 148 Å². The molecule has 2 heterocycles. The predicted molar refractivity (Wildman–Crippen MR) is 98.3 cm³/mol. The quantitative estimate of drug-likeness (QED) is 0.848. The van der Waals surface area contributed by atoms with Gasteiger partial charge in [0.2, 0.25) is 0 Å². The van der Waals surface area contributed by atoms with Crippen LogP contribution < -0.4 is 5.32 Å². The number of carbonyl (C=O) groups excluding carboxylic acids is 1. The van der Waals surface area contributed by atoms with Gasteiger partial charge in [0.05, 0.1) is 6.61 Å². The summed E-state index contributed by atoms with van der Waals surface area (Å²) in [6.07, 6.45) is 6.88. The molecule has 2 aromatic rings. The number of nitrogens with one attached hydrogen (secondary N) is 1. The Kier molecular flexibility index (Phi) is 6.14. The molecular formula is C20H25N3O2. The number of benzene rings is 1. The SMILES string of the molecule is O=C(NCCN1CCCCC1CO)c1cccc(-c2ccncc2)c1. The number of carbonyl (C=O) groups is 1. The molecule has 1 aromatic carbocycles. The average Bonchev–Trinajstić information content (AvgIpc) is 2.69. The Morgan fingerprint density at radius 3 is 2.84 bits per heavy atom. The number of aliphatic hydroxyl groups excluding tert-OH is 1. The highest BCUT2D eigenvalue weighted by molar-refractivity contribution is 5.95. The molecule has 1 fully saturated rings. The maximum absolute atomic E-state index is 12.4. The molecule has 25 heavy (non-hydrogen) atoms. The van der Waals surface area contributed by atoms with Crippen molar-refractivity contribution < 1.29 is 9.90 Å². The first-order chi connectivity index (χ1) is 12.3. The summed E-state index contributed by atoms with van der Waals surface area (Å²) in [6.45, 7) is 2.57. The van der Waals surface area contributed by atoms with Gasteiger partial charge in [-0.05, 0) is 54.8 Å². The van der Waals surface area contributed by atoms with E-state index in [1.165, 1.54) is 12.8 Å². The van der Waals surface area contributed by atoms with Gasteiger partial charge in [-0.3, -0.25) is 14.7 Å². The number of pyridine rings is 1. The highest BCUT2D eigenvalue weighted by atomic mass is 16.3.